The predicted molar refractivity (Wildman–Crippen MR) is 81.7 cm³/mol. The summed E-state index contributed by atoms with van der Waals surface area (Å²) in [6.07, 6.45) is 1.70. The van der Waals surface area contributed by atoms with E-state index < -0.39 is 0 Å². The number of furan rings is 1. The molecule has 0 saturated carbocycles. The Balaban J connectivity index is 1.94. The van der Waals surface area contributed by atoms with Gasteiger partial charge in [0.25, 0.3) is 0 Å². The highest BCUT2D eigenvalue weighted by Gasteiger charge is 2.04. The summed E-state index contributed by atoms with van der Waals surface area (Å²) in [7, 11) is 0. The first-order valence-corrected chi connectivity index (χ1v) is 7.68. The standard InChI is InChI=1S/C15H18ClNOS/c1-11(2)17-9-12-5-6-14(8-15(12)16)19-10-13-4-3-7-18-13/h3-8,11,17H,9-10H2,1-2H3. The van der Waals surface area contributed by atoms with Crippen molar-refractivity contribution in [2.45, 2.75) is 37.1 Å². The third kappa shape index (κ3) is 4.60. The number of rotatable bonds is 6. The van der Waals surface area contributed by atoms with Crippen LogP contribution in [-0.4, -0.2) is 6.04 Å². The highest BCUT2D eigenvalue weighted by atomic mass is 35.5. The predicted octanol–water partition coefficient (Wildman–Crippen LogP) is 4.72. The van der Waals surface area contributed by atoms with Crippen LogP contribution in [0.15, 0.2) is 45.9 Å². The maximum atomic E-state index is 6.30. The van der Waals surface area contributed by atoms with Crippen LogP contribution < -0.4 is 5.32 Å². The lowest BCUT2D eigenvalue weighted by atomic mass is 10.2. The fourth-order valence-electron chi connectivity index (χ4n) is 1.62. The normalized spacial score (nSPS) is 11.2. The van der Waals surface area contributed by atoms with Gasteiger partial charge < -0.3 is 9.73 Å². The van der Waals surface area contributed by atoms with Crippen molar-refractivity contribution < 1.29 is 4.42 Å². The molecule has 0 fully saturated rings. The molecule has 1 N–H and O–H groups in total. The molecule has 2 rings (SSSR count). The third-order valence-electron chi connectivity index (χ3n) is 2.69. The second-order valence-electron chi connectivity index (χ2n) is 4.66. The SMILES string of the molecule is CC(C)NCc1ccc(SCc2ccco2)cc1Cl. The number of hydrogen-bond acceptors (Lipinski definition) is 3. The Bertz CT molecular complexity index is 511. The quantitative estimate of drug-likeness (QED) is 0.780. The monoisotopic (exact) mass is 295 g/mol. The van der Waals surface area contributed by atoms with Crippen LogP contribution in [-0.2, 0) is 12.3 Å². The molecular weight excluding hydrogens is 278 g/mol. The van der Waals surface area contributed by atoms with Gasteiger partial charge in [-0.05, 0) is 29.8 Å². The molecule has 2 aromatic rings. The molecule has 0 unspecified atom stereocenters. The van der Waals surface area contributed by atoms with E-state index in [4.69, 9.17) is 16.0 Å². The van der Waals surface area contributed by atoms with E-state index in [0.717, 1.165) is 33.5 Å². The minimum atomic E-state index is 0.462. The summed E-state index contributed by atoms with van der Waals surface area (Å²) in [5.41, 5.74) is 1.14. The number of nitrogens with one attached hydrogen (secondary N) is 1. The van der Waals surface area contributed by atoms with Crippen molar-refractivity contribution in [3.05, 3.63) is 52.9 Å². The van der Waals surface area contributed by atoms with E-state index in [-0.39, 0.29) is 0 Å². The molecule has 0 amide bonds. The minimum absolute atomic E-state index is 0.462. The summed E-state index contributed by atoms with van der Waals surface area (Å²) in [6, 6.07) is 10.6. The lowest BCUT2D eigenvalue weighted by molar-refractivity contribution is 0.530. The molecule has 4 heteroatoms. The summed E-state index contributed by atoms with van der Waals surface area (Å²) in [5, 5.41) is 4.19. The molecule has 0 aliphatic heterocycles. The van der Waals surface area contributed by atoms with Crippen LogP contribution in [0.1, 0.15) is 25.2 Å². The summed E-state index contributed by atoms with van der Waals surface area (Å²) in [5.74, 6) is 1.80. The Morgan fingerprint density at radius 1 is 1.32 bits per heavy atom. The lowest BCUT2D eigenvalue weighted by Crippen LogP contribution is -2.21. The minimum Gasteiger partial charge on any atom is -0.468 e. The Morgan fingerprint density at radius 3 is 2.79 bits per heavy atom. The molecule has 2 nitrogen and oxygen atoms in total. The molecule has 0 saturated heterocycles. The molecule has 102 valence electrons. The molecule has 0 bridgehead atoms. The van der Waals surface area contributed by atoms with Crippen molar-refractivity contribution in [2.24, 2.45) is 0 Å². The molecule has 0 spiro atoms. The van der Waals surface area contributed by atoms with E-state index in [9.17, 15) is 0 Å². The molecule has 1 heterocycles. The zero-order chi connectivity index (χ0) is 13.7. The zero-order valence-electron chi connectivity index (χ0n) is 11.2. The van der Waals surface area contributed by atoms with Crippen LogP contribution >= 0.6 is 23.4 Å². The van der Waals surface area contributed by atoms with Crippen molar-refractivity contribution in [3.8, 4) is 0 Å². The molecule has 1 aromatic carbocycles. The maximum absolute atomic E-state index is 6.30. The lowest BCUT2D eigenvalue weighted by Gasteiger charge is -2.10. The van der Waals surface area contributed by atoms with Crippen molar-refractivity contribution >= 4 is 23.4 Å². The molecule has 0 aliphatic carbocycles. The van der Waals surface area contributed by atoms with Gasteiger partial charge in [0.2, 0.25) is 0 Å². The van der Waals surface area contributed by atoms with Crippen LogP contribution in [0, 0.1) is 0 Å². The highest BCUT2D eigenvalue weighted by molar-refractivity contribution is 7.98. The van der Waals surface area contributed by atoms with E-state index >= 15 is 0 Å². The molecule has 19 heavy (non-hydrogen) atoms. The van der Waals surface area contributed by atoms with Crippen LogP contribution in [0.25, 0.3) is 0 Å². The summed E-state index contributed by atoms with van der Waals surface area (Å²) in [6.45, 7) is 5.06. The van der Waals surface area contributed by atoms with Gasteiger partial charge >= 0.3 is 0 Å². The van der Waals surface area contributed by atoms with Gasteiger partial charge in [0, 0.05) is 22.5 Å². The molecule has 0 aliphatic rings. The van der Waals surface area contributed by atoms with Crippen LogP contribution in [0.5, 0.6) is 0 Å². The van der Waals surface area contributed by atoms with Crippen molar-refractivity contribution in [1.29, 1.82) is 0 Å². The Labute approximate surface area is 123 Å². The second-order valence-corrected chi connectivity index (χ2v) is 6.11. The fraction of sp³-hybridized carbons (Fsp3) is 0.333. The van der Waals surface area contributed by atoms with Crippen LogP contribution in [0.2, 0.25) is 5.02 Å². The zero-order valence-corrected chi connectivity index (χ0v) is 12.7. The smallest absolute Gasteiger partial charge is 0.113 e. The van der Waals surface area contributed by atoms with Gasteiger partial charge in [0.1, 0.15) is 5.76 Å². The first kappa shape index (κ1) is 14.5. The van der Waals surface area contributed by atoms with Crippen molar-refractivity contribution in [2.75, 3.05) is 0 Å². The Kier molecular flexibility index (Phi) is 5.37. The van der Waals surface area contributed by atoms with Gasteiger partial charge in [-0.25, -0.2) is 0 Å². The summed E-state index contributed by atoms with van der Waals surface area (Å²) >= 11 is 8.02. The summed E-state index contributed by atoms with van der Waals surface area (Å²) < 4.78 is 5.31. The first-order valence-electron chi connectivity index (χ1n) is 6.32. The van der Waals surface area contributed by atoms with Crippen molar-refractivity contribution in [3.63, 3.8) is 0 Å². The number of benzene rings is 1. The van der Waals surface area contributed by atoms with Crippen LogP contribution in [0.4, 0.5) is 0 Å². The third-order valence-corrected chi connectivity index (χ3v) is 4.05. The summed E-state index contributed by atoms with van der Waals surface area (Å²) in [4.78, 5) is 1.16. The van der Waals surface area contributed by atoms with Gasteiger partial charge in [0.15, 0.2) is 0 Å². The van der Waals surface area contributed by atoms with E-state index in [1.807, 2.05) is 18.2 Å². The average Bonchev–Trinajstić information content (AvgIpc) is 2.88. The Morgan fingerprint density at radius 2 is 2.16 bits per heavy atom. The van der Waals surface area contributed by atoms with Gasteiger partial charge in [-0.1, -0.05) is 31.5 Å². The topological polar surface area (TPSA) is 25.2 Å². The average molecular weight is 296 g/mol. The van der Waals surface area contributed by atoms with Gasteiger partial charge in [-0.2, -0.15) is 0 Å². The molecule has 0 atom stereocenters. The van der Waals surface area contributed by atoms with Gasteiger partial charge in [-0.15, -0.1) is 11.8 Å². The van der Waals surface area contributed by atoms with Crippen LogP contribution in [0.3, 0.4) is 0 Å². The van der Waals surface area contributed by atoms with Gasteiger partial charge in [-0.3, -0.25) is 0 Å². The molecular formula is C15H18ClNOS. The maximum Gasteiger partial charge on any atom is 0.113 e. The van der Waals surface area contributed by atoms with Gasteiger partial charge in [0.05, 0.1) is 12.0 Å². The second kappa shape index (κ2) is 7.04. The number of thioether (sulfide) groups is 1. The molecule has 0 radical (unpaired) electrons. The first-order chi connectivity index (χ1) is 9.15. The fourth-order valence-corrected chi connectivity index (χ4v) is 2.78. The van der Waals surface area contributed by atoms with E-state index in [0.29, 0.717) is 6.04 Å². The van der Waals surface area contributed by atoms with E-state index in [1.165, 1.54) is 0 Å². The number of halogens is 1. The Hall–Kier alpha value is -0.900. The van der Waals surface area contributed by atoms with E-state index in [2.05, 4.69) is 31.3 Å². The van der Waals surface area contributed by atoms with Crippen molar-refractivity contribution in [1.82, 2.24) is 5.32 Å². The highest BCUT2D eigenvalue weighted by Crippen LogP contribution is 2.27. The largest absolute Gasteiger partial charge is 0.468 e. The van der Waals surface area contributed by atoms with E-state index in [1.54, 1.807) is 18.0 Å². The molecule has 1 aromatic heterocycles. The number of hydrogen-bond donors (Lipinski definition) is 1.